The Morgan fingerprint density at radius 1 is 1.25 bits per heavy atom. The summed E-state index contributed by atoms with van der Waals surface area (Å²) >= 11 is 0. The molecule has 2 aromatic rings. The number of aliphatic imine (C=N–C) groups is 2. The molecule has 1 aliphatic rings. The number of carbonyl (C=O) groups excluding carboxylic acids is 1. The number of benzene rings is 1. The SMILES string of the molecule is CC(N)=N/C(=N/c1ncccn1)C(C)N1Cc2ccccc2C1=O. The Morgan fingerprint density at radius 2 is 1.96 bits per heavy atom. The number of nitrogens with two attached hydrogens (primary N) is 1. The first-order chi connectivity index (χ1) is 11.6. The van der Waals surface area contributed by atoms with Crippen LogP contribution in [-0.4, -0.2) is 38.5 Å². The highest BCUT2D eigenvalue weighted by Gasteiger charge is 2.32. The summed E-state index contributed by atoms with van der Waals surface area (Å²) in [5, 5.41) is 0. The summed E-state index contributed by atoms with van der Waals surface area (Å²) in [5.74, 6) is 1.02. The van der Waals surface area contributed by atoms with E-state index in [9.17, 15) is 4.79 Å². The molecule has 3 rings (SSSR count). The van der Waals surface area contributed by atoms with Crippen molar-refractivity contribution in [3.8, 4) is 0 Å². The van der Waals surface area contributed by atoms with Crippen molar-refractivity contribution in [3.05, 3.63) is 53.9 Å². The molecule has 0 saturated heterocycles. The van der Waals surface area contributed by atoms with Crippen LogP contribution in [0, 0.1) is 0 Å². The number of fused-ring (bicyclic) bond motifs is 1. The molecule has 0 aliphatic carbocycles. The van der Waals surface area contributed by atoms with Gasteiger partial charge in [-0.05, 0) is 31.5 Å². The van der Waals surface area contributed by atoms with Gasteiger partial charge in [0.25, 0.3) is 11.9 Å². The van der Waals surface area contributed by atoms with Crippen LogP contribution in [0.2, 0.25) is 0 Å². The van der Waals surface area contributed by atoms with E-state index in [4.69, 9.17) is 5.73 Å². The molecule has 2 heterocycles. The van der Waals surface area contributed by atoms with Gasteiger partial charge in [0.05, 0.1) is 11.9 Å². The molecular formula is C17H18N6O. The maximum absolute atomic E-state index is 12.6. The molecule has 122 valence electrons. The topological polar surface area (TPSA) is 96.8 Å². The number of hydrogen-bond acceptors (Lipinski definition) is 4. The van der Waals surface area contributed by atoms with Crippen molar-refractivity contribution in [3.63, 3.8) is 0 Å². The van der Waals surface area contributed by atoms with E-state index in [1.165, 1.54) is 0 Å². The third kappa shape index (κ3) is 3.15. The van der Waals surface area contributed by atoms with Crippen LogP contribution in [0.25, 0.3) is 0 Å². The van der Waals surface area contributed by atoms with Crippen LogP contribution < -0.4 is 5.73 Å². The Hall–Kier alpha value is -3.09. The fourth-order valence-corrected chi connectivity index (χ4v) is 2.57. The molecule has 2 N–H and O–H groups in total. The van der Waals surface area contributed by atoms with Crippen molar-refractivity contribution in [1.82, 2.24) is 14.9 Å². The van der Waals surface area contributed by atoms with Gasteiger partial charge in [-0.2, -0.15) is 4.99 Å². The molecule has 1 aliphatic heterocycles. The Morgan fingerprint density at radius 3 is 2.62 bits per heavy atom. The number of aromatic nitrogens is 2. The summed E-state index contributed by atoms with van der Waals surface area (Å²) in [6, 6.07) is 8.93. The zero-order valence-corrected chi connectivity index (χ0v) is 13.5. The van der Waals surface area contributed by atoms with Gasteiger partial charge in [0.15, 0.2) is 5.84 Å². The fraction of sp³-hybridized carbons (Fsp3) is 0.235. The lowest BCUT2D eigenvalue weighted by Crippen LogP contribution is -2.39. The normalized spacial score (nSPS) is 16.2. The van der Waals surface area contributed by atoms with Gasteiger partial charge in [-0.3, -0.25) is 4.79 Å². The van der Waals surface area contributed by atoms with Gasteiger partial charge in [0.1, 0.15) is 0 Å². The summed E-state index contributed by atoms with van der Waals surface area (Å²) in [7, 11) is 0. The van der Waals surface area contributed by atoms with Crippen LogP contribution in [0.3, 0.4) is 0 Å². The van der Waals surface area contributed by atoms with Crippen LogP contribution in [-0.2, 0) is 6.54 Å². The van der Waals surface area contributed by atoms with E-state index in [1.54, 1.807) is 30.3 Å². The molecule has 0 fully saturated rings. The fourth-order valence-electron chi connectivity index (χ4n) is 2.57. The smallest absolute Gasteiger partial charge is 0.255 e. The predicted octanol–water partition coefficient (Wildman–Crippen LogP) is 1.93. The number of rotatable bonds is 3. The average Bonchev–Trinajstić information content (AvgIpc) is 2.91. The lowest BCUT2D eigenvalue weighted by atomic mass is 10.1. The van der Waals surface area contributed by atoms with Crippen molar-refractivity contribution in [1.29, 1.82) is 0 Å². The highest BCUT2D eigenvalue weighted by molar-refractivity contribution is 6.04. The minimum atomic E-state index is -0.354. The minimum absolute atomic E-state index is 0.0374. The largest absolute Gasteiger partial charge is 0.387 e. The van der Waals surface area contributed by atoms with Crippen LogP contribution in [0.5, 0.6) is 0 Å². The summed E-state index contributed by atoms with van der Waals surface area (Å²) in [4.78, 5) is 31.2. The average molecular weight is 322 g/mol. The lowest BCUT2D eigenvalue weighted by molar-refractivity contribution is 0.0758. The number of amidine groups is 2. The first-order valence-electron chi connectivity index (χ1n) is 7.61. The Labute approximate surface area is 140 Å². The van der Waals surface area contributed by atoms with Gasteiger partial charge in [-0.1, -0.05) is 18.2 Å². The molecule has 1 atom stereocenters. The van der Waals surface area contributed by atoms with E-state index in [1.807, 2.05) is 31.2 Å². The van der Waals surface area contributed by atoms with Gasteiger partial charge in [-0.15, -0.1) is 0 Å². The van der Waals surface area contributed by atoms with Gasteiger partial charge in [-0.25, -0.2) is 15.0 Å². The molecule has 0 saturated carbocycles. The summed E-state index contributed by atoms with van der Waals surface area (Å²) in [5.41, 5.74) is 7.44. The van der Waals surface area contributed by atoms with Gasteiger partial charge in [0, 0.05) is 24.5 Å². The molecule has 0 bridgehead atoms. The quantitative estimate of drug-likeness (QED) is 0.689. The second-order valence-electron chi connectivity index (χ2n) is 5.54. The highest BCUT2D eigenvalue weighted by Crippen LogP contribution is 2.25. The standard InChI is InChI=1S/C17H18N6O/c1-11(23-10-13-6-3-4-7-14(13)16(23)24)15(21-12(2)18)22-17-19-8-5-9-20-17/h3-9,11H,10H2,1-2H3,(H2,18,19,20,21,22). The van der Waals surface area contributed by atoms with Gasteiger partial charge >= 0.3 is 0 Å². The van der Waals surface area contributed by atoms with Crippen LogP contribution >= 0.6 is 0 Å². The predicted molar refractivity (Wildman–Crippen MR) is 92.2 cm³/mol. The van der Waals surface area contributed by atoms with E-state index in [0.717, 1.165) is 5.56 Å². The van der Waals surface area contributed by atoms with E-state index >= 15 is 0 Å². The number of carbonyl (C=O) groups is 1. The van der Waals surface area contributed by atoms with E-state index in [0.29, 0.717) is 23.8 Å². The highest BCUT2D eigenvalue weighted by atomic mass is 16.2. The molecule has 24 heavy (non-hydrogen) atoms. The molecular weight excluding hydrogens is 304 g/mol. The molecule has 1 unspecified atom stereocenters. The first kappa shape index (κ1) is 15.8. The summed E-state index contributed by atoms with van der Waals surface area (Å²) < 4.78 is 0. The van der Waals surface area contributed by atoms with Crippen LogP contribution in [0.1, 0.15) is 29.8 Å². The zero-order chi connectivity index (χ0) is 17.1. The minimum Gasteiger partial charge on any atom is -0.387 e. The molecule has 7 nitrogen and oxygen atoms in total. The Balaban J connectivity index is 1.93. The molecule has 7 heteroatoms. The number of amides is 1. The van der Waals surface area contributed by atoms with Gasteiger partial charge < -0.3 is 10.6 Å². The third-order valence-electron chi connectivity index (χ3n) is 3.75. The number of hydrogen-bond donors (Lipinski definition) is 1. The third-order valence-corrected chi connectivity index (χ3v) is 3.75. The summed E-state index contributed by atoms with van der Waals surface area (Å²) in [6.07, 6.45) is 3.20. The van der Waals surface area contributed by atoms with E-state index in [2.05, 4.69) is 20.0 Å². The van der Waals surface area contributed by atoms with E-state index in [-0.39, 0.29) is 17.9 Å². The van der Waals surface area contributed by atoms with Crippen molar-refractivity contribution in [2.24, 2.45) is 15.7 Å². The first-order valence-corrected chi connectivity index (χ1v) is 7.61. The Kier molecular flexibility index (Phi) is 4.33. The molecule has 1 aromatic heterocycles. The van der Waals surface area contributed by atoms with Crippen LogP contribution in [0.15, 0.2) is 52.7 Å². The molecule has 1 amide bonds. The van der Waals surface area contributed by atoms with Crippen molar-refractivity contribution < 1.29 is 4.79 Å². The zero-order valence-electron chi connectivity index (χ0n) is 13.5. The Bertz CT molecular complexity index is 811. The summed E-state index contributed by atoms with van der Waals surface area (Å²) in [6.45, 7) is 4.07. The maximum atomic E-state index is 12.6. The van der Waals surface area contributed by atoms with E-state index < -0.39 is 0 Å². The molecule has 1 aromatic carbocycles. The maximum Gasteiger partial charge on any atom is 0.255 e. The second-order valence-corrected chi connectivity index (χ2v) is 5.54. The lowest BCUT2D eigenvalue weighted by Gasteiger charge is -2.23. The monoisotopic (exact) mass is 322 g/mol. The second kappa shape index (κ2) is 6.57. The van der Waals surface area contributed by atoms with Gasteiger partial charge in [0.2, 0.25) is 0 Å². The molecule has 0 radical (unpaired) electrons. The van der Waals surface area contributed by atoms with Crippen molar-refractivity contribution in [2.75, 3.05) is 0 Å². The molecule has 0 spiro atoms. The van der Waals surface area contributed by atoms with Crippen molar-refractivity contribution >= 4 is 23.5 Å². The van der Waals surface area contributed by atoms with Crippen LogP contribution in [0.4, 0.5) is 5.95 Å². The van der Waals surface area contributed by atoms with Crippen molar-refractivity contribution in [2.45, 2.75) is 26.4 Å². The number of nitrogens with zero attached hydrogens (tertiary/aromatic N) is 5.